The molecule has 2 aromatic rings. The standard InChI is InChI=1S/C19H23N3O3S.ClH/c1-14-5-7-18(8-6-14)26(24,25)22-11-9-17(10-12-22)21-19(23)15-3-2-4-16(20)13-15;/h2-8,13,17H,9-12,20H2,1H3,(H,21,23);1H. The minimum absolute atomic E-state index is 0. The average Bonchev–Trinajstić information content (AvgIpc) is 2.62. The number of sulfonamides is 1. The van der Waals surface area contributed by atoms with Crippen molar-refractivity contribution in [3.63, 3.8) is 0 Å². The molecule has 1 saturated heterocycles. The Morgan fingerprint density at radius 3 is 2.33 bits per heavy atom. The third-order valence-electron chi connectivity index (χ3n) is 4.60. The molecule has 0 radical (unpaired) electrons. The van der Waals surface area contributed by atoms with Gasteiger partial charge in [-0.3, -0.25) is 4.79 Å². The molecule has 6 nitrogen and oxygen atoms in total. The SMILES string of the molecule is Cc1ccc(S(=O)(=O)N2CCC(NC(=O)c3cccc(N)c3)CC2)cc1.Cl. The van der Waals surface area contributed by atoms with Crippen molar-refractivity contribution in [2.45, 2.75) is 30.7 Å². The summed E-state index contributed by atoms with van der Waals surface area (Å²) in [6.07, 6.45) is 1.16. The number of hydrogen-bond acceptors (Lipinski definition) is 4. The summed E-state index contributed by atoms with van der Waals surface area (Å²) in [6, 6.07) is 13.6. The highest BCUT2D eigenvalue weighted by Crippen LogP contribution is 2.21. The van der Waals surface area contributed by atoms with Crippen molar-refractivity contribution in [1.29, 1.82) is 0 Å². The smallest absolute Gasteiger partial charge is 0.251 e. The van der Waals surface area contributed by atoms with Gasteiger partial charge >= 0.3 is 0 Å². The number of piperidine rings is 1. The van der Waals surface area contributed by atoms with Crippen LogP contribution in [-0.4, -0.2) is 37.8 Å². The van der Waals surface area contributed by atoms with Crippen LogP contribution in [0.1, 0.15) is 28.8 Å². The van der Waals surface area contributed by atoms with Crippen LogP contribution in [0, 0.1) is 6.92 Å². The predicted octanol–water partition coefficient (Wildman–Crippen LogP) is 2.58. The molecule has 0 bridgehead atoms. The zero-order chi connectivity index (χ0) is 18.7. The highest BCUT2D eigenvalue weighted by atomic mass is 35.5. The molecule has 1 aliphatic rings. The first kappa shape index (κ1) is 21.2. The summed E-state index contributed by atoms with van der Waals surface area (Å²) in [5.41, 5.74) is 7.78. The van der Waals surface area contributed by atoms with Crippen LogP contribution in [0.2, 0.25) is 0 Å². The first-order valence-corrected chi connectivity index (χ1v) is 10.0. The van der Waals surface area contributed by atoms with Crippen molar-refractivity contribution in [2.75, 3.05) is 18.8 Å². The van der Waals surface area contributed by atoms with Crippen molar-refractivity contribution >= 4 is 34.0 Å². The molecule has 146 valence electrons. The summed E-state index contributed by atoms with van der Waals surface area (Å²) in [5, 5.41) is 2.97. The Morgan fingerprint density at radius 2 is 1.74 bits per heavy atom. The molecule has 2 aromatic carbocycles. The molecular formula is C19H24ClN3O3S. The molecule has 0 aromatic heterocycles. The van der Waals surface area contributed by atoms with Crippen molar-refractivity contribution in [3.05, 3.63) is 59.7 Å². The van der Waals surface area contributed by atoms with E-state index in [4.69, 9.17) is 5.73 Å². The Hall–Kier alpha value is -2.09. The topological polar surface area (TPSA) is 92.5 Å². The molecule has 1 heterocycles. The number of nitrogen functional groups attached to an aromatic ring is 1. The maximum absolute atomic E-state index is 12.7. The van der Waals surface area contributed by atoms with E-state index in [0.29, 0.717) is 42.1 Å². The summed E-state index contributed by atoms with van der Waals surface area (Å²) < 4.78 is 26.9. The van der Waals surface area contributed by atoms with Crippen LogP contribution < -0.4 is 11.1 Å². The molecule has 1 aliphatic heterocycles. The summed E-state index contributed by atoms with van der Waals surface area (Å²) >= 11 is 0. The van der Waals surface area contributed by atoms with Gasteiger partial charge < -0.3 is 11.1 Å². The molecule has 0 saturated carbocycles. The van der Waals surface area contributed by atoms with Gasteiger partial charge in [-0.1, -0.05) is 23.8 Å². The molecule has 1 amide bonds. The van der Waals surface area contributed by atoms with Gasteiger partial charge in [-0.25, -0.2) is 8.42 Å². The highest BCUT2D eigenvalue weighted by molar-refractivity contribution is 7.89. The van der Waals surface area contributed by atoms with Crippen LogP contribution >= 0.6 is 12.4 Å². The lowest BCUT2D eigenvalue weighted by Crippen LogP contribution is -2.46. The summed E-state index contributed by atoms with van der Waals surface area (Å²) in [4.78, 5) is 12.6. The molecular weight excluding hydrogens is 386 g/mol. The van der Waals surface area contributed by atoms with Gasteiger partial charge in [-0.15, -0.1) is 12.4 Å². The molecule has 0 unspecified atom stereocenters. The lowest BCUT2D eigenvalue weighted by molar-refractivity contribution is 0.0924. The van der Waals surface area contributed by atoms with Gasteiger partial charge in [0.15, 0.2) is 0 Å². The third-order valence-corrected chi connectivity index (χ3v) is 6.51. The number of nitrogens with two attached hydrogens (primary N) is 1. The fourth-order valence-corrected chi connectivity index (χ4v) is 4.52. The summed E-state index contributed by atoms with van der Waals surface area (Å²) in [6.45, 7) is 2.70. The zero-order valence-corrected chi connectivity index (χ0v) is 16.7. The van der Waals surface area contributed by atoms with E-state index in [1.54, 1.807) is 48.5 Å². The van der Waals surface area contributed by atoms with Crippen molar-refractivity contribution in [3.8, 4) is 0 Å². The van der Waals surface area contributed by atoms with Crippen molar-refractivity contribution in [1.82, 2.24) is 9.62 Å². The minimum atomic E-state index is -3.48. The van der Waals surface area contributed by atoms with Crippen molar-refractivity contribution in [2.24, 2.45) is 0 Å². The van der Waals surface area contributed by atoms with E-state index in [1.165, 1.54) is 4.31 Å². The maximum Gasteiger partial charge on any atom is 0.251 e. The molecule has 0 atom stereocenters. The first-order valence-electron chi connectivity index (χ1n) is 8.59. The Labute approximate surface area is 166 Å². The van der Waals surface area contributed by atoms with Gasteiger partial charge in [0.1, 0.15) is 0 Å². The predicted molar refractivity (Wildman–Crippen MR) is 109 cm³/mol. The van der Waals surface area contributed by atoms with E-state index < -0.39 is 10.0 Å². The number of hydrogen-bond donors (Lipinski definition) is 2. The molecule has 3 rings (SSSR count). The average molecular weight is 410 g/mol. The number of carbonyl (C=O) groups is 1. The monoisotopic (exact) mass is 409 g/mol. The molecule has 0 spiro atoms. The minimum Gasteiger partial charge on any atom is -0.399 e. The molecule has 1 fully saturated rings. The number of rotatable bonds is 4. The second-order valence-electron chi connectivity index (χ2n) is 6.59. The second-order valence-corrected chi connectivity index (χ2v) is 8.53. The Morgan fingerprint density at radius 1 is 1.11 bits per heavy atom. The van der Waals surface area contributed by atoms with E-state index in [2.05, 4.69) is 5.32 Å². The molecule has 0 aliphatic carbocycles. The van der Waals surface area contributed by atoms with Crippen molar-refractivity contribution < 1.29 is 13.2 Å². The molecule has 8 heteroatoms. The van der Waals surface area contributed by atoms with E-state index >= 15 is 0 Å². The summed E-state index contributed by atoms with van der Waals surface area (Å²) in [7, 11) is -3.48. The lowest BCUT2D eigenvalue weighted by atomic mass is 10.1. The van der Waals surface area contributed by atoms with Gasteiger partial charge in [0.2, 0.25) is 10.0 Å². The van der Waals surface area contributed by atoms with Crippen LogP contribution in [0.4, 0.5) is 5.69 Å². The van der Waals surface area contributed by atoms with Crippen LogP contribution in [0.25, 0.3) is 0 Å². The van der Waals surface area contributed by atoms with Gasteiger partial charge in [-0.2, -0.15) is 4.31 Å². The number of carbonyl (C=O) groups excluding carboxylic acids is 1. The fraction of sp³-hybridized carbons (Fsp3) is 0.316. The highest BCUT2D eigenvalue weighted by Gasteiger charge is 2.30. The number of amides is 1. The number of aryl methyl sites for hydroxylation is 1. The Bertz CT molecular complexity index is 893. The number of nitrogens with zero attached hydrogens (tertiary/aromatic N) is 1. The van der Waals surface area contributed by atoms with Crippen LogP contribution in [0.3, 0.4) is 0 Å². The number of halogens is 1. The summed E-state index contributed by atoms with van der Waals surface area (Å²) in [5.74, 6) is -0.183. The number of benzene rings is 2. The molecule has 27 heavy (non-hydrogen) atoms. The Balaban J connectivity index is 0.00000261. The normalized spacial score (nSPS) is 15.7. The maximum atomic E-state index is 12.7. The van der Waals surface area contributed by atoms with Gasteiger partial charge in [0.05, 0.1) is 4.90 Å². The van der Waals surface area contributed by atoms with Crippen LogP contribution in [-0.2, 0) is 10.0 Å². The first-order chi connectivity index (χ1) is 12.4. The fourth-order valence-electron chi connectivity index (χ4n) is 3.05. The van der Waals surface area contributed by atoms with Gasteiger partial charge in [-0.05, 0) is 50.1 Å². The van der Waals surface area contributed by atoms with E-state index in [1.807, 2.05) is 6.92 Å². The van der Waals surface area contributed by atoms with Crippen LogP contribution in [0.5, 0.6) is 0 Å². The quantitative estimate of drug-likeness (QED) is 0.759. The van der Waals surface area contributed by atoms with E-state index in [-0.39, 0.29) is 24.4 Å². The van der Waals surface area contributed by atoms with Gasteiger partial charge in [0, 0.05) is 30.4 Å². The lowest BCUT2D eigenvalue weighted by Gasteiger charge is -2.31. The van der Waals surface area contributed by atoms with E-state index in [9.17, 15) is 13.2 Å². The van der Waals surface area contributed by atoms with Gasteiger partial charge in [0.25, 0.3) is 5.91 Å². The Kier molecular flexibility index (Phi) is 6.86. The zero-order valence-electron chi connectivity index (χ0n) is 15.1. The van der Waals surface area contributed by atoms with E-state index in [0.717, 1.165) is 5.56 Å². The number of nitrogens with one attached hydrogen (secondary N) is 1. The number of anilines is 1. The third kappa shape index (κ3) is 5.00. The second kappa shape index (κ2) is 8.73. The molecule has 3 N–H and O–H groups in total. The van der Waals surface area contributed by atoms with Crippen LogP contribution in [0.15, 0.2) is 53.4 Å². The largest absolute Gasteiger partial charge is 0.399 e.